The molecule has 0 saturated heterocycles. The summed E-state index contributed by atoms with van der Waals surface area (Å²) >= 11 is 0. The third-order valence-electron chi connectivity index (χ3n) is 0.521. The standard InChI is InChI=1S/C6H11/c1-4-5-6(2)3/h4-6H,2H2,1,3H3/q+1. The maximum Gasteiger partial charge on any atom is 0.110 e. The minimum atomic E-state index is 0.468. The first-order chi connectivity index (χ1) is 2.77. The lowest BCUT2D eigenvalue weighted by atomic mass is 10.2. The zero-order valence-corrected chi connectivity index (χ0v) is 4.44. The van der Waals surface area contributed by atoms with E-state index in [0.29, 0.717) is 5.92 Å². The van der Waals surface area contributed by atoms with Gasteiger partial charge in [0.05, 0.1) is 6.92 Å². The Morgan fingerprint density at radius 3 is 2.17 bits per heavy atom. The molecule has 0 nitrogen and oxygen atoms in total. The molecule has 0 aromatic carbocycles. The lowest BCUT2D eigenvalue weighted by molar-refractivity contribution is 0.934. The molecular formula is C6H11+. The van der Waals surface area contributed by atoms with E-state index in [0.717, 1.165) is 0 Å². The highest BCUT2D eigenvalue weighted by Crippen LogP contribution is 1.89. The van der Waals surface area contributed by atoms with Crippen molar-refractivity contribution in [3.05, 3.63) is 19.1 Å². The third-order valence-corrected chi connectivity index (χ3v) is 0.521. The predicted molar refractivity (Wildman–Crippen MR) is 29.3 cm³/mol. The van der Waals surface area contributed by atoms with Crippen LogP contribution in [0.15, 0.2) is 12.2 Å². The molecule has 0 aliphatic heterocycles. The van der Waals surface area contributed by atoms with E-state index in [-0.39, 0.29) is 0 Å². The first-order valence-corrected chi connectivity index (χ1v) is 2.23. The van der Waals surface area contributed by atoms with Crippen LogP contribution in [-0.2, 0) is 0 Å². The minimum absolute atomic E-state index is 0.468. The maximum atomic E-state index is 3.74. The summed E-state index contributed by atoms with van der Waals surface area (Å²) in [6.45, 7) is 7.80. The van der Waals surface area contributed by atoms with Crippen molar-refractivity contribution >= 4 is 0 Å². The van der Waals surface area contributed by atoms with Crippen molar-refractivity contribution in [3.63, 3.8) is 0 Å². The Balaban J connectivity index is 3.03. The van der Waals surface area contributed by atoms with Crippen molar-refractivity contribution in [3.8, 4) is 0 Å². The van der Waals surface area contributed by atoms with E-state index >= 15 is 0 Å². The fraction of sp³-hybridized carbons (Fsp3) is 0.500. The van der Waals surface area contributed by atoms with Crippen LogP contribution in [0.2, 0.25) is 0 Å². The fourth-order valence-electron chi connectivity index (χ4n) is 0.329. The molecule has 1 unspecified atom stereocenters. The van der Waals surface area contributed by atoms with E-state index in [1.54, 1.807) is 0 Å². The molecule has 34 valence electrons. The lowest BCUT2D eigenvalue weighted by Crippen LogP contribution is -1.74. The van der Waals surface area contributed by atoms with Gasteiger partial charge in [-0.05, 0) is 19.9 Å². The van der Waals surface area contributed by atoms with Gasteiger partial charge in [0.1, 0.15) is 5.92 Å². The summed E-state index contributed by atoms with van der Waals surface area (Å²) in [5.74, 6) is 0.468. The first-order valence-electron chi connectivity index (χ1n) is 2.23. The van der Waals surface area contributed by atoms with Gasteiger partial charge in [0.2, 0.25) is 0 Å². The summed E-state index contributed by atoms with van der Waals surface area (Å²) in [5.41, 5.74) is 0. The van der Waals surface area contributed by atoms with E-state index in [2.05, 4.69) is 19.9 Å². The fourth-order valence-corrected chi connectivity index (χ4v) is 0.329. The summed E-state index contributed by atoms with van der Waals surface area (Å²) in [6.07, 6.45) is 4.07. The zero-order chi connectivity index (χ0) is 4.99. The Hall–Kier alpha value is -0.390. The van der Waals surface area contributed by atoms with E-state index < -0.39 is 0 Å². The molecule has 0 heterocycles. The van der Waals surface area contributed by atoms with Crippen molar-refractivity contribution in [2.24, 2.45) is 5.92 Å². The second-order valence-electron chi connectivity index (χ2n) is 1.50. The quantitative estimate of drug-likeness (QED) is 0.336. The molecule has 0 saturated carbocycles. The highest BCUT2D eigenvalue weighted by Gasteiger charge is 1.86. The molecule has 0 aliphatic rings. The van der Waals surface area contributed by atoms with Crippen LogP contribution in [-0.4, -0.2) is 0 Å². The van der Waals surface area contributed by atoms with Gasteiger partial charge in [-0.1, -0.05) is 6.08 Å². The van der Waals surface area contributed by atoms with Crippen LogP contribution in [0.4, 0.5) is 0 Å². The van der Waals surface area contributed by atoms with Crippen LogP contribution in [0.5, 0.6) is 0 Å². The third kappa shape index (κ3) is 3.61. The predicted octanol–water partition coefficient (Wildman–Crippen LogP) is 2.03. The molecule has 1 atom stereocenters. The van der Waals surface area contributed by atoms with Gasteiger partial charge < -0.3 is 0 Å². The van der Waals surface area contributed by atoms with Gasteiger partial charge in [-0.3, -0.25) is 0 Å². The highest BCUT2D eigenvalue weighted by atomic mass is 13.8. The van der Waals surface area contributed by atoms with Gasteiger partial charge in [0.25, 0.3) is 0 Å². The SMILES string of the molecule is [CH2+]C(C)C=CC. The van der Waals surface area contributed by atoms with Gasteiger partial charge in [-0.2, -0.15) is 0 Å². The second-order valence-corrected chi connectivity index (χ2v) is 1.50. The van der Waals surface area contributed by atoms with Crippen LogP contribution < -0.4 is 0 Å². The molecule has 0 rings (SSSR count). The summed E-state index contributed by atoms with van der Waals surface area (Å²) in [7, 11) is 0. The molecule has 0 radical (unpaired) electrons. The molecule has 0 N–H and O–H groups in total. The lowest BCUT2D eigenvalue weighted by Gasteiger charge is -1.78. The van der Waals surface area contributed by atoms with Crippen LogP contribution in [0.3, 0.4) is 0 Å². The van der Waals surface area contributed by atoms with E-state index in [9.17, 15) is 0 Å². The average Bonchev–Trinajstić information content (AvgIpc) is 1.35. The zero-order valence-electron chi connectivity index (χ0n) is 4.44. The average molecular weight is 83.2 g/mol. The molecule has 0 heteroatoms. The monoisotopic (exact) mass is 83.1 g/mol. The van der Waals surface area contributed by atoms with Crippen molar-refractivity contribution in [2.75, 3.05) is 0 Å². The molecule has 6 heavy (non-hydrogen) atoms. The molecule has 0 fully saturated rings. The molecule has 0 spiro atoms. The van der Waals surface area contributed by atoms with Crippen LogP contribution in [0, 0.1) is 12.8 Å². The summed E-state index contributed by atoms with van der Waals surface area (Å²) in [4.78, 5) is 0. The van der Waals surface area contributed by atoms with Gasteiger partial charge in [0.15, 0.2) is 0 Å². The van der Waals surface area contributed by atoms with Gasteiger partial charge >= 0.3 is 0 Å². The summed E-state index contributed by atoms with van der Waals surface area (Å²) in [5, 5.41) is 0. The highest BCUT2D eigenvalue weighted by molar-refractivity contribution is 4.83. The summed E-state index contributed by atoms with van der Waals surface area (Å²) in [6, 6.07) is 0. The van der Waals surface area contributed by atoms with Crippen LogP contribution >= 0.6 is 0 Å². The van der Waals surface area contributed by atoms with Crippen LogP contribution in [0.1, 0.15) is 13.8 Å². The summed E-state index contributed by atoms with van der Waals surface area (Å²) < 4.78 is 0. The minimum Gasteiger partial charge on any atom is -0.0872 e. The van der Waals surface area contributed by atoms with Crippen molar-refractivity contribution in [2.45, 2.75) is 13.8 Å². The van der Waals surface area contributed by atoms with Crippen molar-refractivity contribution in [1.29, 1.82) is 0 Å². The van der Waals surface area contributed by atoms with E-state index in [1.165, 1.54) is 0 Å². The number of hydrogen-bond acceptors (Lipinski definition) is 0. The van der Waals surface area contributed by atoms with Crippen molar-refractivity contribution in [1.82, 2.24) is 0 Å². The topological polar surface area (TPSA) is 0 Å². The first kappa shape index (κ1) is 5.61. The maximum absolute atomic E-state index is 3.74. The number of hydrogen-bond donors (Lipinski definition) is 0. The Morgan fingerprint density at radius 1 is 1.67 bits per heavy atom. The Morgan fingerprint density at radius 2 is 2.17 bits per heavy atom. The molecule has 0 aromatic heterocycles. The molecular weight excluding hydrogens is 72.1 g/mol. The smallest absolute Gasteiger partial charge is 0.0872 e. The molecule has 0 amide bonds. The Kier molecular flexibility index (Phi) is 2.64. The molecule has 0 aliphatic carbocycles. The Bertz CT molecular complexity index is 42.0. The van der Waals surface area contributed by atoms with Gasteiger partial charge in [-0.25, -0.2) is 0 Å². The van der Waals surface area contributed by atoms with Crippen LogP contribution in [0.25, 0.3) is 0 Å². The van der Waals surface area contributed by atoms with E-state index in [4.69, 9.17) is 0 Å². The second kappa shape index (κ2) is 2.83. The normalized spacial score (nSPS) is 15.7. The molecule has 0 bridgehead atoms. The molecule has 0 aromatic rings. The van der Waals surface area contributed by atoms with Crippen molar-refractivity contribution < 1.29 is 0 Å². The Labute approximate surface area is 39.9 Å². The number of allylic oxidation sites excluding steroid dienone is 2. The number of rotatable bonds is 1. The van der Waals surface area contributed by atoms with Gasteiger partial charge in [0, 0.05) is 0 Å². The largest absolute Gasteiger partial charge is 0.110 e. The van der Waals surface area contributed by atoms with Gasteiger partial charge in [-0.15, -0.1) is 0 Å². The van der Waals surface area contributed by atoms with E-state index in [1.807, 2.05) is 13.0 Å².